The van der Waals surface area contributed by atoms with Gasteiger partial charge in [-0.15, -0.1) is 0 Å². The molecule has 2 aliphatic heterocycles. The first-order valence-electron chi connectivity index (χ1n) is 12.8. The second kappa shape index (κ2) is 7.80. The molecule has 37 heavy (non-hydrogen) atoms. The number of hydrogen-bond donors (Lipinski definition) is 1. The van der Waals surface area contributed by atoms with E-state index in [0.717, 1.165) is 5.56 Å². The first-order valence-corrected chi connectivity index (χ1v) is 12.8. The standard InChI is InChI=1S/C31H34O6/c1-15-24-19(17(32)14-18(36-24)16-12-10-9-11-13-16)23(33)20-22(29(2,3)4)21-26(34)30(5,6)28(35)31(7,8)27(21)37-25(15)20/h9-13,18,22,33H,14H2,1-8H3/t18-,22+/m1/s1. The van der Waals surface area contributed by atoms with Crippen LogP contribution in [0.2, 0.25) is 0 Å². The number of carbonyl (C=O) groups is 3. The Labute approximate surface area is 217 Å². The quantitative estimate of drug-likeness (QED) is 0.455. The summed E-state index contributed by atoms with van der Waals surface area (Å²) in [6.45, 7) is 14.6. The van der Waals surface area contributed by atoms with E-state index in [9.17, 15) is 19.5 Å². The highest BCUT2D eigenvalue weighted by Gasteiger charge is 2.59. The van der Waals surface area contributed by atoms with Gasteiger partial charge >= 0.3 is 0 Å². The molecule has 0 amide bonds. The maximum atomic E-state index is 13.9. The van der Waals surface area contributed by atoms with Crippen LogP contribution in [0.25, 0.3) is 0 Å². The van der Waals surface area contributed by atoms with E-state index in [4.69, 9.17) is 9.47 Å². The van der Waals surface area contributed by atoms with Crippen LogP contribution >= 0.6 is 0 Å². The second-order valence-electron chi connectivity index (χ2n) is 12.6. The normalized spacial score (nSPS) is 24.1. The summed E-state index contributed by atoms with van der Waals surface area (Å²) in [6, 6.07) is 9.49. The van der Waals surface area contributed by atoms with Crippen LogP contribution in [-0.4, -0.2) is 22.5 Å². The van der Waals surface area contributed by atoms with Crippen molar-refractivity contribution in [1.29, 1.82) is 0 Å². The molecule has 0 aromatic heterocycles. The molecule has 5 rings (SSSR count). The number of hydrogen-bond acceptors (Lipinski definition) is 6. The van der Waals surface area contributed by atoms with Crippen molar-refractivity contribution < 1.29 is 29.0 Å². The van der Waals surface area contributed by atoms with Gasteiger partial charge in [-0.3, -0.25) is 14.4 Å². The van der Waals surface area contributed by atoms with Gasteiger partial charge in [0, 0.05) is 22.6 Å². The van der Waals surface area contributed by atoms with E-state index in [1.54, 1.807) is 34.6 Å². The average Bonchev–Trinajstić information content (AvgIpc) is 2.83. The lowest BCUT2D eigenvalue weighted by Gasteiger charge is -2.48. The minimum atomic E-state index is -1.24. The molecule has 0 unspecified atom stereocenters. The van der Waals surface area contributed by atoms with Crippen LogP contribution in [0.1, 0.15) is 94.0 Å². The Morgan fingerprint density at radius 1 is 0.946 bits per heavy atom. The highest BCUT2D eigenvalue weighted by Crippen LogP contribution is 2.61. The largest absolute Gasteiger partial charge is 0.507 e. The van der Waals surface area contributed by atoms with Crippen molar-refractivity contribution in [2.75, 3.05) is 0 Å². The third-order valence-electron chi connectivity index (χ3n) is 8.13. The first-order chi connectivity index (χ1) is 17.1. The molecule has 6 nitrogen and oxygen atoms in total. The van der Waals surface area contributed by atoms with Gasteiger partial charge in [-0.25, -0.2) is 0 Å². The third-order valence-corrected chi connectivity index (χ3v) is 8.13. The third kappa shape index (κ3) is 3.41. The molecule has 0 saturated carbocycles. The van der Waals surface area contributed by atoms with Crippen molar-refractivity contribution in [1.82, 2.24) is 0 Å². The molecular weight excluding hydrogens is 468 g/mol. The van der Waals surface area contributed by atoms with Gasteiger partial charge in [0.2, 0.25) is 0 Å². The summed E-state index contributed by atoms with van der Waals surface area (Å²) in [4.78, 5) is 40.8. The molecule has 2 aromatic rings. The van der Waals surface area contributed by atoms with Crippen LogP contribution in [0.5, 0.6) is 17.2 Å². The number of fused-ring (bicyclic) bond motifs is 2. The molecule has 0 spiro atoms. The molecule has 0 radical (unpaired) electrons. The summed E-state index contributed by atoms with van der Waals surface area (Å²) in [5.74, 6) is -0.591. The van der Waals surface area contributed by atoms with E-state index >= 15 is 0 Å². The topological polar surface area (TPSA) is 89.9 Å². The molecule has 2 atom stereocenters. The summed E-state index contributed by atoms with van der Waals surface area (Å²) in [7, 11) is 0. The van der Waals surface area contributed by atoms with E-state index in [1.165, 1.54) is 0 Å². The van der Waals surface area contributed by atoms with Crippen LogP contribution in [0, 0.1) is 23.2 Å². The Morgan fingerprint density at radius 3 is 2.16 bits per heavy atom. The molecular formula is C31H34O6. The highest BCUT2D eigenvalue weighted by molar-refractivity contribution is 6.20. The SMILES string of the molecule is Cc1c2c(c(O)c3c1OC1=C(C(=O)C(C)(C)C(=O)C1(C)C)[C@H]3C(C)(C)C)C(=O)C[C@H](c1ccccc1)O2. The summed E-state index contributed by atoms with van der Waals surface area (Å²) >= 11 is 0. The van der Waals surface area contributed by atoms with Crippen molar-refractivity contribution >= 4 is 17.3 Å². The molecule has 0 fully saturated rings. The van der Waals surface area contributed by atoms with Crippen LogP contribution in [0.4, 0.5) is 0 Å². The highest BCUT2D eigenvalue weighted by atomic mass is 16.5. The van der Waals surface area contributed by atoms with Gasteiger partial charge in [-0.1, -0.05) is 51.1 Å². The van der Waals surface area contributed by atoms with Gasteiger partial charge in [-0.2, -0.15) is 0 Å². The number of allylic oxidation sites excluding steroid dienone is 2. The lowest BCUT2D eigenvalue weighted by Crippen LogP contribution is -2.52. The number of carbonyl (C=O) groups excluding carboxylic acids is 3. The molecule has 194 valence electrons. The molecule has 6 heteroatoms. The molecule has 3 aliphatic rings. The summed E-state index contributed by atoms with van der Waals surface area (Å²) < 4.78 is 12.8. The van der Waals surface area contributed by atoms with Crippen LogP contribution in [0.3, 0.4) is 0 Å². The zero-order valence-electron chi connectivity index (χ0n) is 22.7. The van der Waals surface area contributed by atoms with Crippen LogP contribution in [-0.2, 0) is 9.59 Å². The fraction of sp³-hybridized carbons (Fsp3) is 0.452. The molecule has 0 bridgehead atoms. The Kier molecular flexibility index (Phi) is 5.32. The molecule has 1 aliphatic carbocycles. The average molecular weight is 503 g/mol. The number of aromatic hydroxyl groups is 1. The fourth-order valence-electron chi connectivity index (χ4n) is 6.28. The van der Waals surface area contributed by atoms with Crippen LogP contribution in [0.15, 0.2) is 41.7 Å². The summed E-state index contributed by atoms with van der Waals surface area (Å²) in [5, 5.41) is 11.7. The monoisotopic (exact) mass is 502 g/mol. The number of phenolic OH excluding ortho intramolecular Hbond substituents is 1. The maximum Gasteiger partial charge on any atom is 0.175 e. The van der Waals surface area contributed by atoms with E-state index in [0.29, 0.717) is 28.2 Å². The van der Waals surface area contributed by atoms with Crippen molar-refractivity contribution in [2.45, 2.75) is 73.8 Å². The zero-order chi connectivity index (χ0) is 27.2. The predicted octanol–water partition coefficient (Wildman–Crippen LogP) is 6.39. The van der Waals surface area contributed by atoms with Crippen LogP contribution < -0.4 is 9.47 Å². The molecule has 1 N–H and O–H groups in total. The lowest BCUT2D eigenvalue weighted by atomic mass is 9.57. The molecule has 2 heterocycles. The van der Waals surface area contributed by atoms with Gasteiger partial charge < -0.3 is 14.6 Å². The Hall–Kier alpha value is -3.41. The van der Waals surface area contributed by atoms with Crippen molar-refractivity contribution in [3.63, 3.8) is 0 Å². The number of rotatable bonds is 1. The Bertz CT molecular complexity index is 1400. The second-order valence-corrected chi connectivity index (χ2v) is 12.6. The summed E-state index contributed by atoms with van der Waals surface area (Å²) in [5.41, 5.74) is -0.472. The van der Waals surface area contributed by atoms with E-state index in [2.05, 4.69) is 0 Å². The number of ketones is 3. The number of phenols is 1. The van der Waals surface area contributed by atoms with Crippen molar-refractivity contribution in [3.05, 3.63) is 63.9 Å². The minimum Gasteiger partial charge on any atom is -0.507 e. The number of benzene rings is 2. The van der Waals surface area contributed by atoms with Gasteiger partial charge in [-0.05, 0) is 45.6 Å². The van der Waals surface area contributed by atoms with Gasteiger partial charge in [0.05, 0.1) is 17.3 Å². The van der Waals surface area contributed by atoms with Crippen molar-refractivity contribution in [2.24, 2.45) is 16.2 Å². The van der Waals surface area contributed by atoms with Gasteiger partial charge in [0.1, 0.15) is 34.7 Å². The Morgan fingerprint density at radius 2 is 1.57 bits per heavy atom. The fourth-order valence-corrected chi connectivity index (χ4v) is 6.28. The summed E-state index contributed by atoms with van der Waals surface area (Å²) in [6.07, 6.45) is -0.408. The zero-order valence-corrected chi connectivity index (χ0v) is 22.7. The predicted molar refractivity (Wildman–Crippen MR) is 139 cm³/mol. The van der Waals surface area contributed by atoms with Gasteiger partial charge in [0.25, 0.3) is 0 Å². The van der Waals surface area contributed by atoms with Crippen molar-refractivity contribution in [3.8, 4) is 17.2 Å². The number of Topliss-reactive ketones (excluding diaryl/α,β-unsaturated/α-hetero) is 3. The molecule has 0 saturated heterocycles. The Balaban J connectivity index is 1.78. The maximum absolute atomic E-state index is 13.9. The number of ether oxygens (including phenoxy) is 2. The smallest absolute Gasteiger partial charge is 0.175 e. The van der Waals surface area contributed by atoms with E-state index in [-0.39, 0.29) is 40.8 Å². The van der Waals surface area contributed by atoms with Gasteiger partial charge in [0.15, 0.2) is 17.3 Å². The van der Waals surface area contributed by atoms with E-state index < -0.39 is 28.3 Å². The minimum absolute atomic E-state index is 0.0886. The molecule has 2 aromatic carbocycles. The lowest BCUT2D eigenvalue weighted by molar-refractivity contribution is -0.145. The first kappa shape index (κ1) is 25.2. The van der Waals surface area contributed by atoms with E-state index in [1.807, 2.05) is 51.1 Å².